The second-order valence-electron chi connectivity index (χ2n) is 8.44. The third-order valence-electron chi connectivity index (χ3n) is 5.87. The number of rotatable bonds is 2. The predicted octanol–water partition coefficient (Wildman–Crippen LogP) is 2.97. The lowest BCUT2D eigenvalue weighted by molar-refractivity contribution is -0.313. The maximum absolute atomic E-state index is 12.1. The van der Waals surface area contributed by atoms with Crippen molar-refractivity contribution in [1.82, 2.24) is 9.96 Å². The molecule has 0 aromatic heterocycles. The van der Waals surface area contributed by atoms with Crippen LogP contribution in [-0.2, 0) is 9.63 Å². The second-order valence-corrected chi connectivity index (χ2v) is 8.44. The number of likely N-dealkylation sites (N-methyl/N-ethyl adjacent to an activating group) is 1. The van der Waals surface area contributed by atoms with Crippen molar-refractivity contribution < 1.29 is 9.63 Å². The van der Waals surface area contributed by atoms with Gasteiger partial charge in [0.15, 0.2) is 0 Å². The number of hydrogen-bond donors (Lipinski definition) is 0. The van der Waals surface area contributed by atoms with Crippen LogP contribution < -0.4 is 0 Å². The first-order valence-corrected chi connectivity index (χ1v) is 8.46. The summed E-state index contributed by atoms with van der Waals surface area (Å²) >= 11 is 0. The Hall–Kier alpha value is -0.610. The van der Waals surface area contributed by atoms with Crippen LogP contribution in [0.5, 0.6) is 0 Å². The molecule has 3 atom stereocenters. The van der Waals surface area contributed by atoms with Crippen molar-refractivity contribution in [3.05, 3.63) is 0 Å². The van der Waals surface area contributed by atoms with E-state index in [0.29, 0.717) is 5.91 Å². The summed E-state index contributed by atoms with van der Waals surface area (Å²) in [6, 6.07) is 0.268. The summed E-state index contributed by atoms with van der Waals surface area (Å²) in [4.78, 5) is 20.6. The Kier molecular flexibility index (Phi) is 3.61. The standard InChI is InChI=1S/C17H30N2O2/c1-16(2)9-6-10-17(3,4)19(16)21-14-8-7-12-11-13(14)18(5)15(12)20/h12-14H,6-11H2,1-5H3. The summed E-state index contributed by atoms with van der Waals surface area (Å²) in [5.41, 5.74) is 0.138. The van der Waals surface area contributed by atoms with Crippen LogP contribution in [0.25, 0.3) is 0 Å². The van der Waals surface area contributed by atoms with Crippen molar-refractivity contribution in [3.8, 4) is 0 Å². The van der Waals surface area contributed by atoms with E-state index >= 15 is 0 Å². The van der Waals surface area contributed by atoms with E-state index in [2.05, 4.69) is 32.8 Å². The summed E-state index contributed by atoms with van der Waals surface area (Å²) in [5.74, 6) is 0.575. The first-order valence-electron chi connectivity index (χ1n) is 8.46. The molecule has 1 amide bonds. The quantitative estimate of drug-likeness (QED) is 0.785. The number of hydrogen-bond acceptors (Lipinski definition) is 3. The summed E-state index contributed by atoms with van der Waals surface area (Å²) < 4.78 is 0. The highest BCUT2D eigenvalue weighted by Gasteiger charge is 2.49. The molecule has 3 unspecified atom stereocenters. The molecule has 3 aliphatic rings. The van der Waals surface area contributed by atoms with E-state index in [-0.39, 0.29) is 29.1 Å². The lowest BCUT2D eigenvalue weighted by atomic mass is 9.82. The third-order valence-corrected chi connectivity index (χ3v) is 5.87. The van der Waals surface area contributed by atoms with Gasteiger partial charge in [-0.3, -0.25) is 9.63 Å². The number of fused-ring (bicyclic) bond motifs is 2. The molecule has 0 N–H and O–H groups in total. The van der Waals surface area contributed by atoms with Crippen LogP contribution in [0.3, 0.4) is 0 Å². The number of piperidine rings is 1. The highest BCUT2D eigenvalue weighted by atomic mass is 16.7. The minimum atomic E-state index is 0.0692. The molecule has 0 spiro atoms. The molecule has 2 aliphatic heterocycles. The molecule has 3 fully saturated rings. The molecule has 2 bridgehead atoms. The average molecular weight is 294 g/mol. The summed E-state index contributed by atoms with van der Waals surface area (Å²) in [6.07, 6.45) is 6.74. The predicted molar refractivity (Wildman–Crippen MR) is 82.6 cm³/mol. The average Bonchev–Trinajstić information content (AvgIpc) is 2.61. The van der Waals surface area contributed by atoms with Gasteiger partial charge in [0.1, 0.15) is 0 Å². The van der Waals surface area contributed by atoms with Crippen LogP contribution in [0.1, 0.15) is 66.2 Å². The minimum Gasteiger partial charge on any atom is -0.340 e. The number of carbonyl (C=O) groups excluding carboxylic acids is 1. The number of likely N-dealkylation sites (tertiary alicyclic amines) is 1. The summed E-state index contributed by atoms with van der Waals surface area (Å²) in [5, 5.41) is 2.26. The molecule has 0 aromatic rings. The fourth-order valence-electron chi connectivity index (χ4n) is 4.72. The van der Waals surface area contributed by atoms with Gasteiger partial charge in [0.05, 0.1) is 12.1 Å². The van der Waals surface area contributed by atoms with Gasteiger partial charge >= 0.3 is 0 Å². The molecule has 0 radical (unpaired) electrons. The second kappa shape index (κ2) is 4.95. The van der Waals surface area contributed by atoms with Crippen molar-refractivity contribution >= 4 is 5.91 Å². The third kappa shape index (κ3) is 2.50. The SMILES string of the molecule is CN1C(=O)C2CCC(ON3C(C)(C)CCCC3(C)C)C1C2. The Balaban J connectivity index is 1.77. The van der Waals surface area contributed by atoms with Gasteiger partial charge < -0.3 is 4.90 Å². The number of amides is 1. The van der Waals surface area contributed by atoms with E-state index in [0.717, 1.165) is 19.3 Å². The van der Waals surface area contributed by atoms with Crippen LogP contribution in [0, 0.1) is 5.92 Å². The van der Waals surface area contributed by atoms with Crippen molar-refractivity contribution in [2.24, 2.45) is 5.92 Å². The summed E-state index contributed by atoms with van der Waals surface area (Å²) in [6.45, 7) is 9.12. The summed E-state index contributed by atoms with van der Waals surface area (Å²) in [7, 11) is 1.95. The minimum absolute atomic E-state index is 0.0692. The molecule has 3 rings (SSSR count). The van der Waals surface area contributed by atoms with E-state index in [4.69, 9.17) is 4.84 Å². The van der Waals surface area contributed by atoms with E-state index in [1.54, 1.807) is 0 Å². The zero-order chi connectivity index (χ0) is 15.4. The van der Waals surface area contributed by atoms with E-state index < -0.39 is 0 Å². The van der Waals surface area contributed by atoms with Crippen LogP contribution in [-0.4, -0.2) is 46.1 Å². The van der Waals surface area contributed by atoms with E-state index in [1.807, 2.05) is 11.9 Å². The van der Waals surface area contributed by atoms with Gasteiger partial charge in [-0.05, 0) is 66.2 Å². The van der Waals surface area contributed by atoms with Crippen molar-refractivity contribution in [2.75, 3.05) is 7.05 Å². The Labute approximate surface area is 128 Å². The van der Waals surface area contributed by atoms with Gasteiger partial charge in [-0.2, -0.15) is 5.06 Å². The number of hydroxylamine groups is 2. The smallest absolute Gasteiger partial charge is 0.225 e. The normalized spacial score (nSPS) is 38.8. The maximum atomic E-state index is 12.1. The van der Waals surface area contributed by atoms with Gasteiger partial charge in [-0.1, -0.05) is 0 Å². The van der Waals surface area contributed by atoms with Crippen LogP contribution in [0.15, 0.2) is 0 Å². The topological polar surface area (TPSA) is 32.8 Å². The Bertz CT molecular complexity index is 417. The molecular formula is C17H30N2O2. The Morgan fingerprint density at radius 2 is 1.71 bits per heavy atom. The molecule has 2 saturated heterocycles. The van der Waals surface area contributed by atoms with Gasteiger partial charge in [0.25, 0.3) is 0 Å². The Morgan fingerprint density at radius 3 is 2.33 bits per heavy atom. The van der Waals surface area contributed by atoms with Gasteiger partial charge in [0, 0.05) is 24.0 Å². The van der Waals surface area contributed by atoms with Crippen LogP contribution >= 0.6 is 0 Å². The Morgan fingerprint density at radius 1 is 1.10 bits per heavy atom. The highest BCUT2D eigenvalue weighted by molar-refractivity contribution is 5.81. The maximum Gasteiger partial charge on any atom is 0.225 e. The molecule has 1 aliphatic carbocycles. The first kappa shape index (κ1) is 15.3. The molecule has 4 heteroatoms. The fourth-order valence-corrected chi connectivity index (χ4v) is 4.72. The van der Waals surface area contributed by atoms with Crippen LogP contribution in [0.4, 0.5) is 0 Å². The largest absolute Gasteiger partial charge is 0.340 e. The van der Waals surface area contributed by atoms with Crippen molar-refractivity contribution in [3.63, 3.8) is 0 Å². The molecule has 0 aromatic carbocycles. The molecule has 1 saturated carbocycles. The lowest BCUT2D eigenvalue weighted by Gasteiger charge is -2.53. The number of nitrogens with zero attached hydrogens (tertiary/aromatic N) is 2. The van der Waals surface area contributed by atoms with Gasteiger partial charge in [-0.15, -0.1) is 0 Å². The molecule has 21 heavy (non-hydrogen) atoms. The van der Waals surface area contributed by atoms with Crippen molar-refractivity contribution in [1.29, 1.82) is 0 Å². The number of carbonyl (C=O) groups is 1. The molecular weight excluding hydrogens is 264 g/mol. The first-order chi connectivity index (χ1) is 9.72. The fraction of sp³-hybridized carbons (Fsp3) is 0.941. The van der Waals surface area contributed by atoms with Gasteiger partial charge in [-0.25, -0.2) is 0 Å². The van der Waals surface area contributed by atoms with E-state index in [9.17, 15) is 4.79 Å². The zero-order valence-corrected chi connectivity index (χ0v) is 14.2. The lowest BCUT2D eigenvalue weighted by Crippen LogP contribution is -2.60. The zero-order valence-electron chi connectivity index (χ0n) is 14.2. The highest BCUT2D eigenvalue weighted by Crippen LogP contribution is 2.42. The molecule has 4 nitrogen and oxygen atoms in total. The molecule has 2 heterocycles. The van der Waals surface area contributed by atoms with Crippen molar-refractivity contribution in [2.45, 2.75) is 89.4 Å². The molecule has 120 valence electrons. The van der Waals surface area contributed by atoms with E-state index in [1.165, 1.54) is 19.3 Å². The monoisotopic (exact) mass is 294 g/mol. The van der Waals surface area contributed by atoms with Gasteiger partial charge in [0.2, 0.25) is 5.91 Å². The van der Waals surface area contributed by atoms with Crippen LogP contribution in [0.2, 0.25) is 0 Å².